The van der Waals surface area contributed by atoms with Gasteiger partial charge in [0.25, 0.3) is 0 Å². The van der Waals surface area contributed by atoms with Crippen LogP contribution in [0.5, 0.6) is 0 Å². The molecule has 0 unspecified atom stereocenters. The fourth-order valence-corrected chi connectivity index (χ4v) is 2.01. The minimum absolute atomic E-state index is 0.471. The molecule has 2 N–H and O–H groups in total. The first kappa shape index (κ1) is 11.8. The summed E-state index contributed by atoms with van der Waals surface area (Å²) in [6.07, 6.45) is 3.39. The van der Waals surface area contributed by atoms with Gasteiger partial charge in [-0.1, -0.05) is 30.3 Å². The summed E-state index contributed by atoms with van der Waals surface area (Å²) in [7, 11) is -1.46. The summed E-state index contributed by atoms with van der Waals surface area (Å²) in [5.41, 5.74) is 1.37. The van der Waals surface area contributed by atoms with E-state index in [1.165, 1.54) is 0 Å². The number of nitrogens with zero attached hydrogens (tertiary/aromatic N) is 2. The summed E-state index contributed by atoms with van der Waals surface area (Å²) in [5.74, 6) is 0.652. The van der Waals surface area contributed by atoms with E-state index in [1.54, 1.807) is 30.6 Å². The monoisotopic (exact) mass is 250 g/mol. The highest BCUT2D eigenvalue weighted by Crippen LogP contribution is 2.20. The molecule has 0 atom stereocenters. The van der Waals surface area contributed by atoms with Gasteiger partial charge in [-0.05, 0) is 28.4 Å². The third kappa shape index (κ3) is 2.34. The molecule has 92 valence electrons. The molecule has 0 saturated carbocycles. The minimum Gasteiger partial charge on any atom is -0.423 e. The van der Waals surface area contributed by atoms with E-state index >= 15 is 0 Å². The van der Waals surface area contributed by atoms with Gasteiger partial charge in [-0.15, -0.1) is 0 Å². The Kier molecular flexibility index (Phi) is 2.99. The van der Waals surface area contributed by atoms with Crippen LogP contribution in [0, 0.1) is 0 Å². The first-order valence-electron chi connectivity index (χ1n) is 5.91. The van der Waals surface area contributed by atoms with E-state index in [0.29, 0.717) is 11.3 Å². The summed E-state index contributed by atoms with van der Waals surface area (Å²) in [5, 5.41) is 20.4. The molecular formula is C14H11BN2O2. The number of hydrogen-bond donors (Lipinski definition) is 2. The van der Waals surface area contributed by atoms with Crippen molar-refractivity contribution < 1.29 is 10.0 Å². The fraction of sp³-hybridized carbons (Fsp3) is 0. The Morgan fingerprint density at radius 3 is 2.32 bits per heavy atom. The zero-order valence-electron chi connectivity index (χ0n) is 10.1. The Bertz CT molecular complexity index is 717. The van der Waals surface area contributed by atoms with Gasteiger partial charge in [0.15, 0.2) is 5.82 Å². The molecule has 3 aromatic rings. The molecule has 0 aliphatic rings. The molecule has 0 aliphatic carbocycles. The van der Waals surface area contributed by atoms with E-state index < -0.39 is 7.12 Å². The topological polar surface area (TPSA) is 66.2 Å². The van der Waals surface area contributed by atoms with Crippen LogP contribution in [-0.4, -0.2) is 27.1 Å². The van der Waals surface area contributed by atoms with Crippen LogP contribution in [-0.2, 0) is 0 Å². The second-order valence-corrected chi connectivity index (χ2v) is 4.27. The van der Waals surface area contributed by atoms with Crippen molar-refractivity contribution >= 4 is 23.4 Å². The maximum atomic E-state index is 9.20. The Morgan fingerprint density at radius 2 is 1.58 bits per heavy atom. The van der Waals surface area contributed by atoms with Gasteiger partial charge in [-0.25, -0.2) is 9.97 Å². The number of aromatic nitrogens is 2. The van der Waals surface area contributed by atoms with E-state index in [1.807, 2.05) is 24.3 Å². The highest BCUT2D eigenvalue weighted by atomic mass is 16.4. The van der Waals surface area contributed by atoms with Crippen molar-refractivity contribution in [3.63, 3.8) is 0 Å². The SMILES string of the molecule is OB(O)c1ccc2ccc(-c3ncccn3)cc2c1. The minimum atomic E-state index is -1.46. The van der Waals surface area contributed by atoms with Crippen LogP contribution in [0.25, 0.3) is 22.2 Å². The van der Waals surface area contributed by atoms with Crippen molar-refractivity contribution in [3.05, 3.63) is 54.9 Å². The average molecular weight is 250 g/mol. The molecule has 0 fully saturated rings. The van der Waals surface area contributed by atoms with E-state index in [0.717, 1.165) is 16.3 Å². The number of benzene rings is 2. The van der Waals surface area contributed by atoms with Crippen LogP contribution < -0.4 is 5.46 Å². The predicted octanol–water partition coefficient (Wildman–Crippen LogP) is 0.977. The Morgan fingerprint density at radius 1 is 0.842 bits per heavy atom. The van der Waals surface area contributed by atoms with E-state index in [-0.39, 0.29) is 0 Å². The fourth-order valence-electron chi connectivity index (χ4n) is 2.01. The van der Waals surface area contributed by atoms with Gasteiger partial charge in [-0.3, -0.25) is 0 Å². The number of fused-ring (bicyclic) bond motifs is 1. The Hall–Kier alpha value is -2.24. The highest BCUT2D eigenvalue weighted by molar-refractivity contribution is 6.58. The molecule has 1 heterocycles. The van der Waals surface area contributed by atoms with Gasteiger partial charge in [0.2, 0.25) is 0 Å². The Labute approximate surface area is 110 Å². The molecule has 0 saturated heterocycles. The number of rotatable bonds is 2. The molecule has 0 spiro atoms. The summed E-state index contributed by atoms with van der Waals surface area (Å²) in [4.78, 5) is 8.41. The molecule has 4 nitrogen and oxygen atoms in total. The smallest absolute Gasteiger partial charge is 0.423 e. The maximum Gasteiger partial charge on any atom is 0.488 e. The zero-order valence-corrected chi connectivity index (χ0v) is 10.1. The maximum absolute atomic E-state index is 9.20. The predicted molar refractivity (Wildman–Crippen MR) is 74.8 cm³/mol. The van der Waals surface area contributed by atoms with Crippen molar-refractivity contribution in [3.8, 4) is 11.4 Å². The molecule has 19 heavy (non-hydrogen) atoms. The van der Waals surface area contributed by atoms with E-state index in [4.69, 9.17) is 0 Å². The Balaban J connectivity index is 2.14. The van der Waals surface area contributed by atoms with Crippen LogP contribution in [0.4, 0.5) is 0 Å². The average Bonchev–Trinajstić information content (AvgIpc) is 2.47. The third-order valence-electron chi connectivity index (χ3n) is 2.99. The standard InChI is InChI=1S/C14H11BN2O2/c18-15(19)13-5-4-10-2-3-11(8-12(10)9-13)14-16-6-1-7-17-14/h1-9,18-19H. The largest absolute Gasteiger partial charge is 0.488 e. The van der Waals surface area contributed by atoms with Gasteiger partial charge in [-0.2, -0.15) is 0 Å². The summed E-state index contributed by atoms with van der Waals surface area (Å²) >= 11 is 0. The third-order valence-corrected chi connectivity index (χ3v) is 2.99. The van der Waals surface area contributed by atoms with Gasteiger partial charge >= 0.3 is 7.12 Å². The van der Waals surface area contributed by atoms with Crippen LogP contribution in [0.3, 0.4) is 0 Å². The van der Waals surface area contributed by atoms with Crippen LogP contribution >= 0.6 is 0 Å². The molecule has 0 radical (unpaired) electrons. The van der Waals surface area contributed by atoms with Crippen molar-refractivity contribution in [1.29, 1.82) is 0 Å². The van der Waals surface area contributed by atoms with Gasteiger partial charge in [0.1, 0.15) is 0 Å². The molecule has 5 heteroatoms. The van der Waals surface area contributed by atoms with Crippen molar-refractivity contribution in [2.24, 2.45) is 0 Å². The summed E-state index contributed by atoms with van der Waals surface area (Å²) < 4.78 is 0. The molecule has 2 aromatic carbocycles. The quantitative estimate of drug-likeness (QED) is 0.665. The first-order chi connectivity index (χ1) is 9.24. The summed E-state index contributed by atoms with van der Waals surface area (Å²) in [6.45, 7) is 0. The molecule has 0 bridgehead atoms. The van der Waals surface area contributed by atoms with E-state index in [9.17, 15) is 10.0 Å². The molecule has 3 rings (SSSR count). The second-order valence-electron chi connectivity index (χ2n) is 4.27. The van der Waals surface area contributed by atoms with E-state index in [2.05, 4.69) is 9.97 Å². The zero-order chi connectivity index (χ0) is 13.2. The second kappa shape index (κ2) is 4.80. The van der Waals surface area contributed by atoms with Crippen molar-refractivity contribution in [1.82, 2.24) is 9.97 Å². The molecule has 1 aromatic heterocycles. The lowest BCUT2D eigenvalue weighted by Gasteiger charge is -2.05. The number of hydrogen-bond acceptors (Lipinski definition) is 4. The summed E-state index contributed by atoms with van der Waals surface area (Å²) in [6, 6.07) is 12.9. The van der Waals surface area contributed by atoms with Crippen LogP contribution in [0.15, 0.2) is 54.9 Å². The van der Waals surface area contributed by atoms with Crippen molar-refractivity contribution in [2.75, 3.05) is 0 Å². The van der Waals surface area contributed by atoms with Crippen LogP contribution in [0.2, 0.25) is 0 Å². The lowest BCUT2D eigenvalue weighted by molar-refractivity contribution is 0.426. The van der Waals surface area contributed by atoms with Gasteiger partial charge < -0.3 is 10.0 Å². The molecular weight excluding hydrogens is 239 g/mol. The molecule has 0 aliphatic heterocycles. The lowest BCUT2D eigenvalue weighted by Crippen LogP contribution is -2.29. The molecule has 0 amide bonds. The van der Waals surface area contributed by atoms with Gasteiger partial charge in [0.05, 0.1) is 0 Å². The first-order valence-corrected chi connectivity index (χ1v) is 5.91. The van der Waals surface area contributed by atoms with Crippen molar-refractivity contribution in [2.45, 2.75) is 0 Å². The van der Waals surface area contributed by atoms with Gasteiger partial charge in [0, 0.05) is 18.0 Å². The normalized spacial score (nSPS) is 10.6. The van der Waals surface area contributed by atoms with Crippen LogP contribution in [0.1, 0.15) is 0 Å². The highest BCUT2D eigenvalue weighted by Gasteiger charge is 2.11. The lowest BCUT2D eigenvalue weighted by atomic mass is 9.79.